The highest BCUT2D eigenvalue weighted by molar-refractivity contribution is 7.15. The maximum Gasteiger partial charge on any atom is 0.257 e. The molecule has 3 rings (SSSR count). The highest BCUT2D eigenvalue weighted by Crippen LogP contribution is 2.31. The smallest absolute Gasteiger partial charge is 0.257 e. The number of aromatic nitrogens is 1. The van der Waals surface area contributed by atoms with Gasteiger partial charge in [0.25, 0.3) is 5.91 Å². The van der Waals surface area contributed by atoms with E-state index in [1.165, 1.54) is 18.4 Å². The first-order valence-corrected chi connectivity index (χ1v) is 10.0. The second kappa shape index (κ2) is 8.60. The Labute approximate surface area is 168 Å². The molecule has 0 radical (unpaired) electrons. The second-order valence-corrected chi connectivity index (χ2v) is 8.16. The molecule has 150 valence electrons. The Morgan fingerprint density at radius 2 is 2.00 bits per heavy atom. The van der Waals surface area contributed by atoms with Gasteiger partial charge in [0.15, 0.2) is 16.6 Å². The van der Waals surface area contributed by atoms with Crippen LogP contribution in [0.25, 0.3) is 0 Å². The maximum atomic E-state index is 12.6. The summed E-state index contributed by atoms with van der Waals surface area (Å²) >= 11 is 1.42. The molecular weight excluding hydrogens is 378 g/mol. The van der Waals surface area contributed by atoms with Crippen molar-refractivity contribution in [2.75, 3.05) is 26.1 Å². The molecule has 0 saturated heterocycles. The molecule has 1 aliphatic rings. The third-order valence-corrected chi connectivity index (χ3v) is 5.53. The van der Waals surface area contributed by atoms with Gasteiger partial charge in [0.05, 0.1) is 26.5 Å². The zero-order chi connectivity index (χ0) is 20.3. The van der Waals surface area contributed by atoms with Gasteiger partial charge in [-0.3, -0.25) is 14.9 Å². The highest BCUT2D eigenvalue weighted by atomic mass is 32.1. The largest absolute Gasteiger partial charge is 0.493 e. The van der Waals surface area contributed by atoms with Crippen molar-refractivity contribution in [2.24, 2.45) is 5.92 Å². The molecule has 1 aromatic heterocycles. The lowest BCUT2D eigenvalue weighted by atomic mass is 10.1. The molecule has 1 aromatic carbocycles. The van der Waals surface area contributed by atoms with Gasteiger partial charge < -0.3 is 14.4 Å². The Kier molecular flexibility index (Phi) is 6.18. The van der Waals surface area contributed by atoms with E-state index in [0.717, 1.165) is 10.6 Å². The summed E-state index contributed by atoms with van der Waals surface area (Å²) in [4.78, 5) is 32.4. The zero-order valence-corrected chi connectivity index (χ0v) is 17.4. The van der Waals surface area contributed by atoms with Gasteiger partial charge in [0.2, 0.25) is 5.91 Å². The van der Waals surface area contributed by atoms with Crippen molar-refractivity contribution in [3.05, 3.63) is 34.3 Å². The number of carbonyl (C=O) groups excluding carboxylic acids is 2. The van der Waals surface area contributed by atoms with E-state index in [4.69, 9.17) is 9.47 Å². The van der Waals surface area contributed by atoms with Gasteiger partial charge in [-0.2, -0.15) is 0 Å². The number of nitrogens with one attached hydrogen (secondary N) is 1. The van der Waals surface area contributed by atoms with Crippen LogP contribution in [-0.4, -0.2) is 42.5 Å². The van der Waals surface area contributed by atoms with Crippen LogP contribution in [0.2, 0.25) is 0 Å². The molecule has 1 N–H and O–H groups in total. The van der Waals surface area contributed by atoms with Crippen molar-refractivity contribution >= 4 is 28.3 Å². The number of nitrogens with zero attached hydrogens (tertiary/aromatic N) is 2. The van der Waals surface area contributed by atoms with Crippen LogP contribution in [0.5, 0.6) is 11.5 Å². The van der Waals surface area contributed by atoms with Gasteiger partial charge in [0.1, 0.15) is 0 Å². The average Bonchev–Trinajstić information content (AvgIpc) is 3.08. The van der Waals surface area contributed by atoms with Crippen molar-refractivity contribution in [1.29, 1.82) is 0 Å². The molecule has 0 bridgehead atoms. The van der Waals surface area contributed by atoms with Crippen molar-refractivity contribution in [3.63, 3.8) is 0 Å². The monoisotopic (exact) mass is 403 g/mol. The lowest BCUT2D eigenvalue weighted by Crippen LogP contribution is -2.36. The molecule has 0 fully saturated rings. The molecular formula is C20H25N3O4S. The minimum Gasteiger partial charge on any atom is -0.493 e. The number of anilines is 1. The molecule has 0 spiro atoms. The van der Waals surface area contributed by atoms with Crippen LogP contribution in [0.3, 0.4) is 0 Å². The number of thiazole rings is 1. The Bertz CT molecular complexity index is 878. The minimum atomic E-state index is -0.264. The van der Waals surface area contributed by atoms with Gasteiger partial charge in [-0.05, 0) is 24.1 Å². The molecule has 1 aliphatic heterocycles. The summed E-state index contributed by atoms with van der Waals surface area (Å²) in [5.74, 6) is 1.30. The molecule has 2 heterocycles. The van der Waals surface area contributed by atoms with Crippen LogP contribution in [-0.2, 0) is 17.8 Å². The van der Waals surface area contributed by atoms with Crippen LogP contribution in [0.1, 0.15) is 41.2 Å². The first kappa shape index (κ1) is 20.1. The summed E-state index contributed by atoms with van der Waals surface area (Å²) in [5.41, 5.74) is 1.42. The zero-order valence-electron chi connectivity index (χ0n) is 16.6. The first-order valence-electron chi connectivity index (χ1n) is 9.21. The molecule has 0 saturated carbocycles. The number of amides is 2. The molecule has 28 heavy (non-hydrogen) atoms. The molecule has 2 aromatic rings. The average molecular weight is 404 g/mol. The van der Waals surface area contributed by atoms with E-state index in [-0.39, 0.29) is 11.8 Å². The third kappa shape index (κ3) is 4.44. The number of carbonyl (C=O) groups is 2. The normalized spacial score (nSPS) is 13.2. The van der Waals surface area contributed by atoms with Crippen LogP contribution in [0.4, 0.5) is 5.13 Å². The molecule has 8 heteroatoms. The SMILES string of the molecule is COc1ccc(C(=O)Nc2nc3c(s2)CN(C(=O)CC(C)C)CC3)cc1OC. The summed E-state index contributed by atoms with van der Waals surface area (Å²) < 4.78 is 10.4. The van der Waals surface area contributed by atoms with E-state index in [1.54, 1.807) is 25.3 Å². The molecule has 7 nitrogen and oxygen atoms in total. The van der Waals surface area contributed by atoms with Gasteiger partial charge in [-0.25, -0.2) is 4.98 Å². The van der Waals surface area contributed by atoms with E-state index in [2.05, 4.69) is 10.3 Å². The number of rotatable bonds is 6. The van der Waals surface area contributed by atoms with Crippen molar-refractivity contribution in [1.82, 2.24) is 9.88 Å². The third-order valence-electron chi connectivity index (χ3n) is 4.53. The molecule has 0 atom stereocenters. The summed E-state index contributed by atoms with van der Waals surface area (Å²) in [7, 11) is 3.08. The summed E-state index contributed by atoms with van der Waals surface area (Å²) in [6, 6.07) is 5.00. The summed E-state index contributed by atoms with van der Waals surface area (Å²) in [5, 5.41) is 3.39. The van der Waals surface area contributed by atoms with Crippen LogP contribution >= 0.6 is 11.3 Å². The van der Waals surface area contributed by atoms with E-state index in [1.807, 2.05) is 18.7 Å². The lowest BCUT2D eigenvalue weighted by Gasteiger charge is -2.26. The fraction of sp³-hybridized carbons (Fsp3) is 0.450. The molecule has 0 aliphatic carbocycles. The van der Waals surface area contributed by atoms with Crippen LogP contribution in [0, 0.1) is 5.92 Å². The Balaban J connectivity index is 1.69. The second-order valence-electron chi connectivity index (χ2n) is 7.08. The highest BCUT2D eigenvalue weighted by Gasteiger charge is 2.25. The van der Waals surface area contributed by atoms with E-state index >= 15 is 0 Å². The number of benzene rings is 1. The van der Waals surface area contributed by atoms with Crippen LogP contribution in [0.15, 0.2) is 18.2 Å². The van der Waals surface area contributed by atoms with Gasteiger partial charge in [0, 0.05) is 29.8 Å². The molecule has 2 amide bonds. The Morgan fingerprint density at radius 1 is 1.25 bits per heavy atom. The Morgan fingerprint density at radius 3 is 2.68 bits per heavy atom. The predicted octanol–water partition coefficient (Wildman–Crippen LogP) is 3.34. The van der Waals surface area contributed by atoms with E-state index < -0.39 is 0 Å². The lowest BCUT2D eigenvalue weighted by molar-refractivity contribution is -0.132. The first-order chi connectivity index (χ1) is 13.4. The fourth-order valence-corrected chi connectivity index (χ4v) is 4.11. The van der Waals surface area contributed by atoms with E-state index in [0.29, 0.717) is 54.0 Å². The topological polar surface area (TPSA) is 80.8 Å². The van der Waals surface area contributed by atoms with Crippen molar-refractivity contribution in [2.45, 2.75) is 33.2 Å². The number of ether oxygens (including phenoxy) is 2. The summed E-state index contributed by atoms with van der Waals surface area (Å²) in [6.45, 7) is 5.32. The predicted molar refractivity (Wildman–Crippen MR) is 108 cm³/mol. The van der Waals surface area contributed by atoms with Crippen molar-refractivity contribution < 1.29 is 19.1 Å². The minimum absolute atomic E-state index is 0.171. The standard InChI is InChI=1S/C20H25N3O4S/c1-12(2)9-18(24)23-8-7-14-17(11-23)28-20(21-14)22-19(25)13-5-6-15(26-3)16(10-13)27-4/h5-6,10,12H,7-9,11H2,1-4H3,(H,21,22,25). The van der Waals surface area contributed by atoms with E-state index in [9.17, 15) is 9.59 Å². The van der Waals surface area contributed by atoms with Crippen LogP contribution < -0.4 is 14.8 Å². The molecule has 0 unspecified atom stereocenters. The van der Waals surface area contributed by atoms with Gasteiger partial charge in [-0.15, -0.1) is 0 Å². The number of methoxy groups -OCH3 is 2. The van der Waals surface area contributed by atoms with Crippen molar-refractivity contribution in [3.8, 4) is 11.5 Å². The number of hydrogen-bond donors (Lipinski definition) is 1. The fourth-order valence-electron chi connectivity index (χ4n) is 3.09. The summed E-state index contributed by atoms with van der Waals surface area (Å²) in [6.07, 6.45) is 1.26. The Hall–Kier alpha value is -2.61. The number of fused-ring (bicyclic) bond motifs is 1. The number of hydrogen-bond acceptors (Lipinski definition) is 6. The maximum absolute atomic E-state index is 12.6. The quantitative estimate of drug-likeness (QED) is 0.800. The van der Waals surface area contributed by atoms with Gasteiger partial charge in [-0.1, -0.05) is 25.2 Å². The van der Waals surface area contributed by atoms with Gasteiger partial charge >= 0.3 is 0 Å².